The SMILES string of the molecule is CCCCOC(=S)NC1CS(=O)(=O)CC1Cl. The van der Waals surface area contributed by atoms with Crippen molar-refractivity contribution in [1.29, 1.82) is 0 Å². The maximum absolute atomic E-state index is 11.3. The topological polar surface area (TPSA) is 55.4 Å². The zero-order chi connectivity index (χ0) is 12.2. The molecule has 2 atom stereocenters. The molecule has 0 bridgehead atoms. The van der Waals surface area contributed by atoms with Crippen molar-refractivity contribution in [3.05, 3.63) is 0 Å². The Hall–Kier alpha value is -0.0700. The molecule has 0 aliphatic carbocycles. The van der Waals surface area contributed by atoms with Crippen LogP contribution in [0.25, 0.3) is 0 Å². The molecule has 94 valence electrons. The zero-order valence-electron chi connectivity index (χ0n) is 9.11. The van der Waals surface area contributed by atoms with Crippen molar-refractivity contribution in [3.8, 4) is 0 Å². The third-order valence-electron chi connectivity index (χ3n) is 2.32. The molecule has 0 radical (unpaired) electrons. The fourth-order valence-corrected chi connectivity index (χ4v) is 4.22. The molecule has 1 N–H and O–H groups in total. The van der Waals surface area contributed by atoms with Crippen molar-refractivity contribution in [1.82, 2.24) is 5.32 Å². The van der Waals surface area contributed by atoms with Gasteiger partial charge in [-0.2, -0.15) is 0 Å². The molecular weight excluding hydrogens is 270 g/mol. The predicted octanol–water partition coefficient (Wildman–Crippen LogP) is 1.08. The zero-order valence-corrected chi connectivity index (χ0v) is 11.5. The second-order valence-electron chi connectivity index (χ2n) is 3.83. The molecule has 16 heavy (non-hydrogen) atoms. The van der Waals surface area contributed by atoms with Crippen molar-refractivity contribution in [2.45, 2.75) is 31.2 Å². The molecule has 7 heteroatoms. The van der Waals surface area contributed by atoms with E-state index >= 15 is 0 Å². The Balaban J connectivity index is 2.35. The molecule has 1 rings (SSSR count). The molecule has 4 nitrogen and oxygen atoms in total. The number of rotatable bonds is 4. The van der Waals surface area contributed by atoms with E-state index in [0.29, 0.717) is 6.61 Å². The van der Waals surface area contributed by atoms with Gasteiger partial charge >= 0.3 is 0 Å². The minimum Gasteiger partial charge on any atom is -0.471 e. The van der Waals surface area contributed by atoms with Crippen molar-refractivity contribution >= 4 is 38.8 Å². The summed E-state index contributed by atoms with van der Waals surface area (Å²) >= 11 is 10.9. The van der Waals surface area contributed by atoms with Crippen LogP contribution in [0.4, 0.5) is 0 Å². The van der Waals surface area contributed by atoms with Gasteiger partial charge in [0, 0.05) is 0 Å². The lowest BCUT2D eigenvalue weighted by atomic mass is 10.3. The number of hydrogen-bond donors (Lipinski definition) is 1. The van der Waals surface area contributed by atoms with Crippen LogP contribution in [0.15, 0.2) is 0 Å². The average molecular weight is 286 g/mol. The van der Waals surface area contributed by atoms with Gasteiger partial charge in [0.2, 0.25) is 0 Å². The quantitative estimate of drug-likeness (QED) is 0.476. The van der Waals surface area contributed by atoms with E-state index in [1.165, 1.54) is 0 Å². The summed E-state index contributed by atoms with van der Waals surface area (Å²) in [5.74, 6) is 0.0300. The Labute approximate surface area is 107 Å². The molecule has 2 unspecified atom stereocenters. The van der Waals surface area contributed by atoms with Gasteiger partial charge in [0.05, 0.1) is 29.5 Å². The van der Waals surface area contributed by atoms with Gasteiger partial charge in [0.15, 0.2) is 9.84 Å². The van der Waals surface area contributed by atoms with E-state index in [1.807, 2.05) is 0 Å². The molecule has 0 spiro atoms. The van der Waals surface area contributed by atoms with Crippen LogP contribution in [0.2, 0.25) is 0 Å². The van der Waals surface area contributed by atoms with Crippen molar-refractivity contribution in [2.24, 2.45) is 0 Å². The van der Waals surface area contributed by atoms with Crippen LogP contribution in [0.1, 0.15) is 19.8 Å². The second-order valence-corrected chi connectivity index (χ2v) is 6.92. The first-order chi connectivity index (χ1) is 7.44. The van der Waals surface area contributed by atoms with Gasteiger partial charge in [-0.3, -0.25) is 0 Å². The Bertz CT molecular complexity index is 345. The smallest absolute Gasteiger partial charge is 0.256 e. The van der Waals surface area contributed by atoms with E-state index < -0.39 is 15.2 Å². The molecule has 1 saturated heterocycles. The fourth-order valence-electron chi connectivity index (χ4n) is 1.44. The second kappa shape index (κ2) is 6.02. The van der Waals surface area contributed by atoms with Crippen LogP contribution in [-0.4, -0.2) is 43.1 Å². The van der Waals surface area contributed by atoms with Gasteiger partial charge in [0.1, 0.15) is 0 Å². The normalized spacial score (nSPS) is 27.6. The lowest BCUT2D eigenvalue weighted by molar-refractivity contribution is 0.287. The summed E-state index contributed by atoms with van der Waals surface area (Å²) < 4.78 is 27.8. The van der Waals surface area contributed by atoms with Crippen LogP contribution in [-0.2, 0) is 14.6 Å². The fraction of sp³-hybridized carbons (Fsp3) is 0.889. The standard InChI is InChI=1S/C9H16ClNO3S2/c1-2-3-4-14-9(15)11-8-6-16(12,13)5-7(8)10/h7-8H,2-6H2,1H3,(H,11,15). The molecule has 0 aromatic heterocycles. The van der Waals surface area contributed by atoms with Gasteiger partial charge in [-0.05, 0) is 18.6 Å². The van der Waals surface area contributed by atoms with E-state index in [-0.39, 0.29) is 22.7 Å². The molecule has 1 aliphatic heterocycles. The van der Waals surface area contributed by atoms with Gasteiger partial charge in [-0.25, -0.2) is 8.42 Å². The summed E-state index contributed by atoms with van der Waals surface area (Å²) in [5, 5.41) is 2.65. The predicted molar refractivity (Wildman–Crippen MR) is 68.7 cm³/mol. The number of nitrogens with one attached hydrogen (secondary N) is 1. The van der Waals surface area contributed by atoms with E-state index in [9.17, 15) is 8.42 Å². The lowest BCUT2D eigenvalue weighted by Gasteiger charge is -2.16. The van der Waals surface area contributed by atoms with Crippen molar-refractivity contribution < 1.29 is 13.2 Å². The highest BCUT2D eigenvalue weighted by Gasteiger charge is 2.36. The van der Waals surface area contributed by atoms with Gasteiger partial charge in [-0.1, -0.05) is 13.3 Å². The van der Waals surface area contributed by atoms with E-state index in [4.69, 9.17) is 28.6 Å². The number of ether oxygens (including phenoxy) is 1. The summed E-state index contributed by atoms with van der Waals surface area (Å²) in [6, 6.07) is -0.333. The van der Waals surface area contributed by atoms with E-state index in [1.54, 1.807) is 0 Å². The van der Waals surface area contributed by atoms with E-state index in [2.05, 4.69) is 12.2 Å². The van der Waals surface area contributed by atoms with Gasteiger partial charge < -0.3 is 10.1 Å². The molecule has 0 aromatic rings. The maximum atomic E-state index is 11.3. The van der Waals surface area contributed by atoms with Crippen LogP contribution in [0, 0.1) is 0 Å². The molecule has 0 saturated carbocycles. The number of halogens is 1. The molecule has 0 amide bonds. The molecule has 1 aliphatic rings. The summed E-state index contributed by atoms with van der Waals surface area (Å²) in [6.07, 6.45) is 1.95. The number of hydrogen-bond acceptors (Lipinski definition) is 4. The lowest BCUT2D eigenvalue weighted by Crippen LogP contribution is -2.40. The van der Waals surface area contributed by atoms with Gasteiger partial charge in [0.25, 0.3) is 5.17 Å². The molecule has 0 aromatic carbocycles. The summed E-state index contributed by atoms with van der Waals surface area (Å²) in [6.45, 7) is 2.60. The van der Waals surface area contributed by atoms with Crippen LogP contribution in [0.3, 0.4) is 0 Å². The Kier molecular flexibility index (Phi) is 5.27. The number of alkyl halides is 1. The summed E-state index contributed by atoms with van der Waals surface area (Å²) in [4.78, 5) is 0. The van der Waals surface area contributed by atoms with Crippen LogP contribution in [0.5, 0.6) is 0 Å². The highest BCUT2D eigenvalue weighted by atomic mass is 35.5. The minimum atomic E-state index is -3.03. The maximum Gasteiger partial charge on any atom is 0.256 e. The highest BCUT2D eigenvalue weighted by molar-refractivity contribution is 7.91. The van der Waals surface area contributed by atoms with E-state index in [0.717, 1.165) is 12.8 Å². The summed E-state index contributed by atoms with van der Waals surface area (Å²) in [5.41, 5.74) is 0. The molecular formula is C9H16ClNO3S2. The van der Waals surface area contributed by atoms with Gasteiger partial charge in [-0.15, -0.1) is 11.6 Å². The average Bonchev–Trinajstić information content (AvgIpc) is 2.40. The number of sulfone groups is 1. The number of unbranched alkanes of at least 4 members (excludes halogenated alkanes) is 1. The molecule has 1 heterocycles. The Morgan fingerprint density at radius 3 is 2.75 bits per heavy atom. The highest BCUT2D eigenvalue weighted by Crippen LogP contribution is 2.18. The first-order valence-corrected chi connectivity index (χ1v) is 7.89. The Morgan fingerprint density at radius 2 is 2.25 bits per heavy atom. The molecule has 1 fully saturated rings. The largest absolute Gasteiger partial charge is 0.471 e. The first-order valence-electron chi connectivity index (χ1n) is 5.22. The van der Waals surface area contributed by atoms with Crippen molar-refractivity contribution in [3.63, 3.8) is 0 Å². The summed E-state index contributed by atoms with van der Waals surface area (Å²) in [7, 11) is -3.03. The van der Waals surface area contributed by atoms with Crippen molar-refractivity contribution in [2.75, 3.05) is 18.1 Å². The third kappa shape index (κ3) is 4.43. The number of thiocarbonyl (C=S) groups is 1. The first kappa shape index (κ1) is 14.0. The monoisotopic (exact) mass is 285 g/mol. The van der Waals surface area contributed by atoms with Crippen LogP contribution >= 0.6 is 23.8 Å². The van der Waals surface area contributed by atoms with Crippen LogP contribution < -0.4 is 5.32 Å². The third-order valence-corrected chi connectivity index (χ3v) is 4.93. The minimum absolute atomic E-state index is 0.00377. The Morgan fingerprint density at radius 1 is 1.56 bits per heavy atom.